The number of carbonyl (C=O) groups excluding carboxylic acids is 2. The lowest BCUT2D eigenvalue weighted by atomic mass is 9.90. The zero-order chi connectivity index (χ0) is 33.0. The van der Waals surface area contributed by atoms with Crippen LogP contribution < -0.4 is 16.0 Å². The topological polar surface area (TPSA) is 161 Å². The van der Waals surface area contributed by atoms with E-state index in [0.29, 0.717) is 30.8 Å². The van der Waals surface area contributed by atoms with Crippen LogP contribution in [-0.4, -0.2) is 62.5 Å². The number of nitrogens with one attached hydrogen (secondary N) is 4. The SMILES string of the molecule is CC1=C(CCC(=O)O)/C(=C/c2[nH]c(/C=C3\NC(=O)[C@H](C)[C@H]3CCS)c(C)c2CCC(=O)O)NC1C[C@H]1NC(=O)/C(=C/CS)C1C. The minimum Gasteiger partial charge on any atom is -0.481 e. The van der Waals surface area contributed by atoms with Crippen molar-refractivity contribution in [2.45, 2.75) is 78.3 Å². The number of aromatic amines is 1. The summed E-state index contributed by atoms with van der Waals surface area (Å²) in [7, 11) is 0. The van der Waals surface area contributed by atoms with Gasteiger partial charge in [-0.25, -0.2) is 0 Å². The minimum atomic E-state index is -0.907. The summed E-state index contributed by atoms with van der Waals surface area (Å²) >= 11 is 8.64. The van der Waals surface area contributed by atoms with Gasteiger partial charge in [-0.2, -0.15) is 25.3 Å². The third-order valence-electron chi connectivity index (χ3n) is 9.47. The number of carbonyl (C=O) groups is 4. The normalized spacial score (nSPS) is 27.5. The second-order valence-electron chi connectivity index (χ2n) is 12.2. The Labute approximate surface area is 275 Å². The Morgan fingerprint density at radius 3 is 2.27 bits per heavy atom. The van der Waals surface area contributed by atoms with Gasteiger partial charge in [0.05, 0.1) is 0 Å². The van der Waals surface area contributed by atoms with Gasteiger partial charge in [-0.15, -0.1) is 0 Å². The number of hydrogen-bond donors (Lipinski definition) is 8. The molecule has 1 aromatic heterocycles. The van der Waals surface area contributed by atoms with Crippen molar-refractivity contribution in [2.75, 3.05) is 11.5 Å². The van der Waals surface area contributed by atoms with Crippen molar-refractivity contribution in [3.63, 3.8) is 0 Å². The lowest BCUT2D eigenvalue weighted by Gasteiger charge is -2.21. The van der Waals surface area contributed by atoms with Crippen LogP contribution in [0.15, 0.2) is 34.2 Å². The van der Waals surface area contributed by atoms with E-state index >= 15 is 0 Å². The third-order valence-corrected chi connectivity index (χ3v) is 9.91. The molecule has 244 valence electrons. The fraction of sp³-hybridized carbons (Fsp3) is 0.515. The maximum absolute atomic E-state index is 12.6. The minimum absolute atomic E-state index is 0.00389. The van der Waals surface area contributed by atoms with Crippen LogP contribution in [0.3, 0.4) is 0 Å². The first-order valence-electron chi connectivity index (χ1n) is 15.4. The lowest BCUT2D eigenvalue weighted by Crippen LogP contribution is -2.36. The Morgan fingerprint density at radius 2 is 1.62 bits per heavy atom. The van der Waals surface area contributed by atoms with E-state index in [2.05, 4.69) is 46.2 Å². The van der Waals surface area contributed by atoms with E-state index in [0.717, 1.165) is 57.0 Å². The first kappa shape index (κ1) is 34.5. The van der Waals surface area contributed by atoms with Crippen molar-refractivity contribution >= 4 is 61.2 Å². The highest BCUT2D eigenvalue weighted by Gasteiger charge is 2.38. The number of carboxylic acids is 2. The lowest BCUT2D eigenvalue weighted by molar-refractivity contribution is -0.138. The van der Waals surface area contributed by atoms with Crippen molar-refractivity contribution in [3.8, 4) is 0 Å². The number of aromatic nitrogens is 1. The van der Waals surface area contributed by atoms with E-state index in [1.807, 2.05) is 45.9 Å². The van der Waals surface area contributed by atoms with Gasteiger partial charge in [-0.05, 0) is 79.7 Å². The second-order valence-corrected chi connectivity index (χ2v) is 13.0. The molecule has 3 aliphatic rings. The standard InChI is InChI=1S/C33H44N4O6S2/c1-16-20(5-7-30(38)39)27(34-24(16)13-26-18(3)23(10-12-45)33(43)36-26)15-28-21(6-8-31(40)41)17(2)25(35-28)14-29-22(9-11-44)19(4)32(42)37-29/h10,14-15,18-19,22,24,26,34-35,44-45H,5-9,11-13H2,1-4H3,(H,36,43)(H,37,42)(H,38,39)(H,40,41)/b23-10+,27-15-,29-14-/t18?,19-,22-,24?,26-/m1/s1. The van der Waals surface area contributed by atoms with Crippen LogP contribution in [0, 0.1) is 24.7 Å². The molecule has 2 unspecified atom stereocenters. The van der Waals surface area contributed by atoms with Crippen LogP contribution in [0.1, 0.15) is 75.4 Å². The zero-order valence-electron chi connectivity index (χ0n) is 26.2. The molecular formula is C33H44N4O6S2. The smallest absolute Gasteiger partial charge is 0.303 e. The number of allylic oxidation sites excluding steroid dienone is 2. The van der Waals surface area contributed by atoms with Crippen molar-refractivity contribution in [3.05, 3.63) is 56.7 Å². The number of amides is 2. The molecule has 3 aliphatic heterocycles. The number of H-pyrrole nitrogens is 1. The summed E-state index contributed by atoms with van der Waals surface area (Å²) in [4.78, 5) is 51.7. The van der Waals surface area contributed by atoms with Crippen molar-refractivity contribution in [1.82, 2.24) is 20.9 Å². The Kier molecular flexibility index (Phi) is 11.4. The summed E-state index contributed by atoms with van der Waals surface area (Å²) in [6.07, 6.45) is 7.61. The summed E-state index contributed by atoms with van der Waals surface area (Å²) in [5.74, 6) is -0.962. The molecule has 10 nitrogen and oxygen atoms in total. The number of thiol groups is 2. The number of rotatable bonds is 13. The molecule has 5 atom stereocenters. The summed E-state index contributed by atoms with van der Waals surface area (Å²) in [6, 6.07) is -0.220. The van der Waals surface area contributed by atoms with Crippen LogP contribution in [0.5, 0.6) is 0 Å². The van der Waals surface area contributed by atoms with Gasteiger partial charge in [0.2, 0.25) is 11.8 Å². The average molecular weight is 657 g/mol. The van der Waals surface area contributed by atoms with Gasteiger partial charge in [0.1, 0.15) is 0 Å². The molecule has 0 bridgehead atoms. The summed E-state index contributed by atoms with van der Waals surface area (Å²) in [5.41, 5.74) is 7.48. The first-order chi connectivity index (χ1) is 21.4. The molecule has 6 N–H and O–H groups in total. The highest BCUT2D eigenvalue weighted by molar-refractivity contribution is 7.80. The van der Waals surface area contributed by atoms with Gasteiger partial charge in [0.25, 0.3) is 0 Å². The van der Waals surface area contributed by atoms with Gasteiger partial charge >= 0.3 is 11.9 Å². The van der Waals surface area contributed by atoms with Crippen LogP contribution in [0.25, 0.3) is 12.2 Å². The molecule has 0 spiro atoms. The third kappa shape index (κ3) is 7.71. The van der Waals surface area contributed by atoms with Gasteiger partial charge in [-0.3, -0.25) is 19.2 Å². The molecule has 45 heavy (non-hydrogen) atoms. The monoisotopic (exact) mass is 656 g/mol. The Balaban J connectivity index is 1.72. The average Bonchev–Trinajstić information content (AvgIpc) is 3.61. The van der Waals surface area contributed by atoms with E-state index in [4.69, 9.17) is 0 Å². The predicted molar refractivity (Wildman–Crippen MR) is 181 cm³/mol. The largest absolute Gasteiger partial charge is 0.481 e. The molecule has 0 aliphatic carbocycles. The van der Waals surface area contributed by atoms with Gasteiger partial charge in [0.15, 0.2) is 0 Å². The maximum Gasteiger partial charge on any atom is 0.303 e. The molecule has 4 heterocycles. The Hall–Kier alpha value is -3.38. The molecule has 0 radical (unpaired) electrons. The maximum atomic E-state index is 12.6. The quantitative estimate of drug-likeness (QED) is 0.116. The van der Waals surface area contributed by atoms with Crippen LogP contribution >= 0.6 is 25.3 Å². The molecule has 2 amide bonds. The van der Waals surface area contributed by atoms with E-state index in [1.54, 1.807) is 0 Å². The number of hydrogen-bond acceptors (Lipinski definition) is 7. The van der Waals surface area contributed by atoms with Gasteiger partial charge in [0, 0.05) is 76.8 Å². The van der Waals surface area contributed by atoms with E-state index in [9.17, 15) is 29.4 Å². The molecule has 0 aromatic carbocycles. The molecule has 1 aromatic rings. The van der Waals surface area contributed by atoms with Crippen molar-refractivity contribution in [1.29, 1.82) is 0 Å². The molecule has 2 saturated heterocycles. The number of carboxylic acid groups (broad SMARTS) is 2. The molecule has 12 heteroatoms. The van der Waals surface area contributed by atoms with Crippen molar-refractivity contribution < 1.29 is 29.4 Å². The summed E-state index contributed by atoms with van der Waals surface area (Å²) in [5, 5.41) is 28.7. The molecule has 4 rings (SSSR count). The van der Waals surface area contributed by atoms with Crippen LogP contribution in [-0.2, 0) is 25.6 Å². The van der Waals surface area contributed by atoms with E-state index < -0.39 is 11.9 Å². The highest BCUT2D eigenvalue weighted by Crippen LogP contribution is 2.36. The van der Waals surface area contributed by atoms with E-state index in [-0.39, 0.29) is 54.5 Å². The summed E-state index contributed by atoms with van der Waals surface area (Å²) < 4.78 is 0. The predicted octanol–water partition coefficient (Wildman–Crippen LogP) is 4.26. The molecule has 0 saturated carbocycles. The fourth-order valence-electron chi connectivity index (χ4n) is 6.72. The van der Waals surface area contributed by atoms with Crippen LogP contribution in [0.4, 0.5) is 0 Å². The van der Waals surface area contributed by atoms with E-state index in [1.165, 1.54) is 0 Å². The summed E-state index contributed by atoms with van der Waals surface area (Å²) in [6.45, 7) is 7.86. The number of aliphatic carboxylic acids is 2. The Morgan fingerprint density at radius 1 is 0.933 bits per heavy atom. The molecular weight excluding hydrogens is 613 g/mol. The second kappa shape index (κ2) is 14.8. The molecule has 2 fully saturated rings. The van der Waals surface area contributed by atoms with Crippen LogP contribution in [0.2, 0.25) is 0 Å². The Bertz CT molecular complexity index is 1490. The first-order valence-corrected chi connectivity index (χ1v) is 16.7. The zero-order valence-corrected chi connectivity index (χ0v) is 28.0. The van der Waals surface area contributed by atoms with Crippen molar-refractivity contribution in [2.24, 2.45) is 17.8 Å². The highest BCUT2D eigenvalue weighted by atomic mass is 32.1. The van der Waals surface area contributed by atoms with Gasteiger partial charge in [-0.1, -0.05) is 19.9 Å². The van der Waals surface area contributed by atoms with Gasteiger partial charge < -0.3 is 31.1 Å². The fourth-order valence-corrected chi connectivity index (χ4v) is 7.19.